The Morgan fingerprint density at radius 1 is 1.16 bits per heavy atom. The lowest BCUT2D eigenvalue weighted by molar-refractivity contribution is 0.0644. The minimum atomic E-state index is 0.327. The summed E-state index contributed by atoms with van der Waals surface area (Å²) in [5.41, 5.74) is 6.62. The van der Waals surface area contributed by atoms with Crippen LogP contribution >= 0.6 is 0 Å². The molecule has 0 amide bonds. The van der Waals surface area contributed by atoms with Gasteiger partial charge in [-0.1, -0.05) is 6.92 Å². The smallest absolute Gasteiger partial charge is 0.0347 e. The second-order valence-electron chi connectivity index (χ2n) is 7.04. The molecular weight excluding hydrogens is 234 g/mol. The average Bonchev–Trinajstić information content (AvgIpc) is 3.32. The number of rotatable bonds is 6. The summed E-state index contributed by atoms with van der Waals surface area (Å²) in [7, 11) is 0. The third-order valence-corrected chi connectivity index (χ3v) is 5.59. The Morgan fingerprint density at radius 2 is 1.95 bits per heavy atom. The first kappa shape index (κ1) is 13.8. The van der Waals surface area contributed by atoms with Crippen LogP contribution in [-0.4, -0.2) is 54.1 Å². The molecule has 3 heteroatoms. The Labute approximate surface area is 118 Å². The highest BCUT2D eigenvalue weighted by Crippen LogP contribution is 2.41. The van der Waals surface area contributed by atoms with Crippen molar-refractivity contribution in [1.82, 2.24) is 9.80 Å². The van der Waals surface area contributed by atoms with Crippen LogP contribution in [0.5, 0.6) is 0 Å². The first-order valence-electron chi connectivity index (χ1n) is 8.46. The van der Waals surface area contributed by atoms with Gasteiger partial charge in [-0.3, -0.25) is 4.90 Å². The van der Waals surface area contributed by atoms with E-state index in [1.165, 1.54) is 71.1 Å². The van der Waals surface area contributed by atoms with E-state index in [0.717, 1.165) is 18.5 Å². The molecule has 1 unspecified atom stereocenters. The quantitative estimate of drug-likeness (QED) is 0.798. The molecule has 1 atom stereocenters. The minimum absolute atomic E-state index is 0.327. The lowest BCUT2D eigenvalue weighted by Gasteiger charge is -2.44. The Hall–Kier alpha value is -0.120. The highest BCUT2D eigenvalue weighted by atomic mass is 15.3. The van der Waals surface area contributed by atoms with Crippen molar-refractivity contribution in [3.8, 4) is 0 Å². The Kier molecular flexibility index (Phi) is 4.16. The molecule has 110 valence electrons. The molecule has 1 aliphatic heterocycles. The largest absolute Gasteiger partial charge is 0.329 e. The molecule has 0 spiro atoms. The number of nitrogens with zero attached hydrogens (tertiary/aromatic N) is 2. The molecule has 0 aromatic heterocycles. The molecule has 0 aromatic rings. The maximum atomic E-state index is 6.30. The molecule has 1 saturated heterocycles. The summed E-state index contributed by atoms with van der Waals surface area (Å²) < 4.78 is 0. The van der Waals surface area contributed by atoms with Crippen molar-refractivity contribution < 1.29 is 0 Å². The van der Waals surface area contributed by atoms with Crippen molar-refractivity contribution in [2.24, 2.45) is 11.7 Å². The van der Waals surface area contributed by atoms with Crippen LogP contribution in [0.2, 0.25) is 0 Å². The molecule has 1 heterocycles. The topological polar surface area (TPSA) is 32.5 Å². The number of hydrogen-bond acceptors (Lipinski definition) is 3. The molecular formula is C16H31N3. The molecule has 2 N–H and O–H groups in total. The average molecular weight is 265 g/mol. The fourth-order valence-electron chi connectivity index (χ4n) is 3.85. The summed E-state index contributed by atoms with van der Waals surface area (Å²) in [6, 6.07) is 0.873. The third kappa shape index (κ3) is 3.14. The monoisotopic (exact) mass is 265 g/mol. The van der Waals surface area contributed by atoms with Crippen molar-refractivity contribution >= 4 is 0 Å². The minimum Gasteiger partial charge on any atom is -0.329 e. The van der Waals surface area contributed by atoms with Gasteiger partial charge in [0.15, 0.2) is 0 Å². The predicted molar refractivity (Wildman–Crippen MR) is 80.2 cm³/mol. The van der Waals surface area contributed by atoms with Gasteiger partial charge in [0.25, 0.3) is 0 Å². The van der Waals surface area contributed by atoms with Gasteiger partial charge in [-0.05, 0) is 70.5 Å². The predicted octanol–water partition coefficient (Wildman–Crippen LogP) is 2.06. The van der Waals surface area contributed by atoms with E-state index in [9.17, 15) is 0 Å². The molecule has 0 bridgehead atoms. The molecule has 0 aromatic carbocycles. The van der Waals surface area contributed by atoms with Crippen LogP contribution in [0.15, 0.2) is 0 Å². The van der Waals surface area contributed by atoms with E-state index in [0.29, 0.717) is 5.54 Å². The van der Waals surface area contributed by atoms with Gasteiger partial charge in [0.1, 0.15) is 0 Å². The van der Waals surface area contributed by atoms with Gasteiger partial charge in [-0.2, -0.15) is 0 Å². The van der Waals surface area contributed by atoms with Crippen molar-refractivity contribution in [2.75, 3.05) is 32.7 Å². The van der Waals surface area contributed by atoms with E-state index in [-0.39, 0.29) is 0 Å². The maximum absolute atomic E-state index is 6.30. The molecule has 2 saturated carbocycles. The van der Waals surface area contributed by atoms with Gasteiger partial charge in [-0.15, -0.1) is 0 Å². The summed E-state index contributed by atoms with van der Waals surface area (Å²) in [6.07, 6.45) is 9.72. The first-order chi connectivity index (χ1) is 9.27. The van der Waals surface area contributed by atoms with Crippen LogP contribution in [0.1, 0.15) is 51.9 Å². The second-order valence-corrected chi connectivity index (χ2v) is 7.04. The fraction of sp³-hybridized carbons (Fsp3) is 1.00. The van der Waals surface area contributed by atoms with Gasteiger partial charge in [0.05, 0.1) is 0 Å². The molecule has 19 heavy (non-hydrogen) atoms. The summed E-state index contributed by atoms with van der Waals surface area (Å²) >= 11 is 0. The zero-order valence-electron chi connectivity index (χ0n) is 12.6. The van der Waals surface area contributed by atoms with Crippen LogP contribution in [0.4, 0.5) is 0 Å². The molecule has 3 rings (SSSR count). The summed E-state index contributed by atoms with van der Waals surface area (Å²) in [5, 5.41) is 0. The van der Waals surface area contributed by atoms with Crippen LogP contribution in [-0.2, 0) is 0 Å². The van der Waals surface area contributed by atoms with E-state index in [1.54, 1.807) is 0 Å². The number of hydrogen-bond donors (Lipinski definition) is 1. The third-order valence-electron chi connectivity index (χ3n) is 5.59. The molecule has 3 fully saturated rings. The Morgan fingerprint density at radius 3 is 2.53 bits per heavy atom. The van der Waals surface area contributed by atoms with E-state index >= 15 is 0 Å². The highest BCUT2D eigenvalue weighted by Gasteiger charge is 2.45. The van der Waals surface area contributed by atoms with E-state index < -0.39 is 0 Å². The summed E-state index contributed by atoms with van der Waals surface area (Å²) in [5.74, 6) is 0.995. The first-order valence-corrected chi connectivity index (χ1v) is 8.46. The SMILES string of the molecule is CCN1CCCC(CN)(N(CC2CC2)C2CC2)CC1. The van der Waals surface area contributed by atoms with Crippen molar-refractivity contribution in [1.29, 1.82) is 0 Å². The molecule has 2 aliphatic carbocycles. The molecule has 3 aliphatic rings. The maximum Gasteiger partial charge on any atom is 0.0347 e. The van der Waals surface area contributed by atoms with Crippen molar-refractivity contribution in [2.45, 2.75) is 63.5 Å². The Balaban J connectivity index is 1.71. The Bertz CT molecular complexity index is 298. The van der Waals surface area contributed by atoms with E-state index in [1.807, 2.05) is 0 Å². The number of nitrogens with two attached hydrogens (primary N) is 1. The van der Waals surface area contributed by atoms with Crippen LogP contribution in [0, 0.1) is 5.92 Å². The summed E-state index contributed by atoms with van der Waals surface area (Å²) in [6.45, 7) is 8.23. The summed E-state index contributed by atoms with van der Waals surface area (Å²) in [4.78, 5) is 5.48. The second kappa shape index (κ2) is 5.71. The zero-order valence-corrected chi connectivity index (χ0v) is 12.6. The van der Waals surface area contributed by atoms with Crippen molar-refractivity contribution in [3.63, 3.8) is 0 Å². The normalized spacial score (nSPS) is 33.6. The van der Waals surface area contributed by atoms with Crippen LogP contribution in [0.3, 0.4) is 0 Å². The van der Waals surface area contributed by atoms with Crippen molar-refractivity contribution in [3.05, 3.63) is 0 Å². The molecule has 0 radical (unpaired) electrons. The van der Waals surface area contributed by atoms with Gasteiger partial charge in [0, 0.05) is 24.7 Å². The molecule has 3 nitrogen and oxygen atoms in total. The van der Waals surface area contributed by atoms with E-state index in [2.05, 4.69) is 16.7 Å². The van der Waals surface area contributed by atoms with Gasteiger partial charge < -0.3 is 10.6 Å². The van der Waals surface area contributed by atoms with Gasteiger partial charge in [0.2, 0.25) is 0 Å². The standard InChI is InChI=1S/C16H31N3/c1-2-18-10-3-8-16(13-17,9-11-18)19(15-6-7-15)12-14-4-5-14/h14-15H,2-13,17H2,1H3. The fourth-order valence-corrected chi connectivity index (χ4v) is 3.85. The van der Waals surface area contributed by atoms with Gasteiger partial charge >= 0.3 is 0 Å². The van der Waals surface area contributed by atoms with Gasteiger partial charge in [-0.25, -0.2) is 0 Å². The van der Waals surface area contributed by atoms with E-state index in [4.69, 9.17) is 5.73 Å². The lowest BCUT2D eigenvalue weighted by Crippen LogP contribution is -2.56. The number of likely N-dealkylation sites (tertiary alicyclic amines) is 1. The lowest BCUT2D eigenvalue weighted by atomic mass is 9.87. The highest BCUT2D eigenvalue weighted by molar-refractivity contribution is 5.02. The zero-order chi connectivity index (χ0) is 13.3. The van der Waals surface area contributed by atoms with Crippen LogP contribution in [0.25, 0.3) is 0 Å². The van der Waals surface area contributed by atoms with Crippen LogP contribution < -0.4 is 5.73 Å².